The van der Waals surface area contributed by atoms with Gasteiger partial charge >= 0.3 is 5.97 Å². The predicted molar refractivity (Wildman–Crippen MR) is 143 cm³/mol. The SMILES string of the molecule is CCCc1cc(-c2nnc(SCC(=O)Nc3scc(-c4ccc(C)cc4)c3C(=O)OC)n2C)cs1. The van der Waals surface area contributed by atoms with E-state index in [-0.39, 0.29) is 11.7 Å². The largest absolute Gasteiger partial charge is 0.465 e. The molecular weight excluding hydrogens is 501 g/mol. The van der Waals surface area contributed by atoms with Crippen LogP contribution in [0, 0.1) is 6.92 Å². The number of nitrogens with zero attached hydrogens (tertiary/aromatic N) is 3. The van der Waals surface area contributed by atoms with E-state index in [0.29, 0.717) is 15.7 Å². The van der Waals surface area contributed by atoms with Gasteiger partial charge in [0.15, 0.2) is 11.0 Å². The van der Waals surface area contributed by atoms with Gasteiger partial charge in [0, 0.05) is 33.8 Å². The second-order valence-corrected chi connectivity index (χ2v) is 10.8. The Morgan fingerprint density at radius 2 is 1.89 bits per heavy atom. The van der Waals surface area contributed by atoms with Crippen molar-refractivity contribution in [3.05, 3.63) is 57.1 Å². The van der Waals surface area contributed by atoms with Crippen molar-refractivity contribution in [2.24, 2.45) is 7.05 Å². The number of anilines is 1. The van der Waals surface area contributed by atoms with Crippen LogP contribution in [0.25, 0.3) is 22.5 Å². The Kier molecular flexibility index (Phi) is 8.04. The fourth-order valence-electron chi connectivity index (χ4n) is 3.56. The van der Waals surface area contributed by atoms with Gasteiger partial charge in [-0.05, 0) is 25.0 Å². The monoisotopic (exact) mass is 526 g/mol. The number of nitrogens with one attached hydrogen (secondary N) is 1. The van der Waals surface area contributed by atoms with Crippen LogP contribution in [0.1, 0.15) is 34.1 Å². The molecule has 0 saturated heterocycles. The second-order valence-electron chi connectivity index (χ2n) is 7.96. The molecule has 7 nitrogen and oxygen atoms in total. The van der Waals surface area contributed by atoms with E-state index in [0.717, 1.165) is 40.9 Å². The maximum Gasteiger partial charge on any atom is 0.341 e. The minimum Gasteiger partial charge on any atom is -0.465 e. The van der Waals surface area contributed by atoms with E-state index in [1.807, 2.05) is 48.2 Å². The number of aryl methyl sites for hydroxylation is 2. The van der Waals surface area contributed by atoms with Crippen molar-refractivity contribution in [3.63, 3.8) is 0 Å². The average Bonchev–Trinajstić information content (AvgIpc) is 3.57. The van der Waals surface area contributed by atoms with Crippen molar-refractivity contribution in [1.82, 2.24) is 14.8 Å². The van der Waals surface area contributed by atoms with E-state index < -0.39 is 5.97 Å². The summed E-state index contributed by atoms with van der Waals surface area (Å²) in [5, 5.41) is 16.5. The molecule has 0 aliphatic heterocycles. The molecule has 1 aromatic carbocycles. The molecule has 10 heteroatoms. The van der Waals surface area contributed by atoms with Crippen LogP contribution in [0.3, 0.4) is 0 Å². The quantitative estimate of drug-likeness (QED) is 0.211. The van der Waals surface area contributed by atoms with Crippen molar-refractivity contribution in [3.8, 4) is 22.5 Å². The van der Waals surface area contributed by atoms with Crippen molar-refractivity contribution < 1.29 is 14.3 Å². The molecule has 4 aromatic rings. The number of thioether (sulfide) groups is 1. The van der Waals surface area contributed by atoms with Gasteiger partial charge in [0.25, 0.3) is 0 Å². The number of thiophene rings is 2. The Balaban J connectivity index is 1.46. The maximum absolute atomic E-state index is 12.8. The third kappa shape index (κ3) is 5.66. The Morgan fingerprint density at radius 3 is 2.60 bits per heavy atom. The van der Waals surface area contributed by atoms with Crippen molar-refractivity contribution >= 4 is 51.3 Å². The Hall–Kier alpha value is -2.95. The number of hydrogen-bond acceptors (Lipinski definition) is 8. The standard InChI is InChI=1S/C25H26N4O3S3/c1-5-6-18-11-17(12-33-18)22-27-28-25(29(22)3)35-14-20(30)26-23-21(24(31)32-4)19(13-34-23)16-9-7-15(2)8-10-16/h7-13H,5-6,14H2,1-4H3,(H,26,30). The highest BCUT2D eigenvalue weighted by Crippen LogP contribution is 2.36. The van der Waals surface area contributed by atoms with E-state index >= 15 is 0 Å². The number of benzene rings is 1. The highest BCUT2D eigenvalue weighted by molar-refractivity contribution is 7.99. The van der Waals surface area contributed by atoms with E-state index in [1.54, 1.807) is 11.3 Å². The summed E-state index contributed by atoms with van der Waals surface area (Å²) >= 11 is 4.33. The molecule has 0 aliphatic carbocycles. The summed E-state index contributed by atoms with van der Waals surface area (Å²) in [6, 6.07) is 10.0. The number of ether oxygens (including phenoxy) is 1. The lowest BCUT2D eigenvalue weighted by Crippen LogP contribution is -2.16. The molecule has 35 heavy (non-hydrogen) atoms. The molecule has 0 bridgehead atoms. The molecule has 3 aromatic heterocycles. The number of amides is 1. The first-order valence-corrected chi connectivity index (χ1v) is 13.8. The van der Waals surface area contributed by atoms with Gasteiger partial charge in [-0.25, -0.2) is 4.79 Å². The second kappa shape index (κ2) is 11.2. The highest BCUT2D eigenvalue weighted by atomic mass is 32.2. The molecule has 0 fully saturated rings. The number of methoxy groups -OCH3 is 1. The molecule has 0 unspecified atom stereocenters. The lowest BCUT2D eigenvalue weighted by molar-refractivity contribution is -0.113. The Morgan fingerprint density at radius 1 is 1.11 bits per heavy atom. The molecule has 1 N–H and O–H groups in total. The summed E-state index contributed by atoms with van der Waals surface area (Å²) in [4.78, 5) is 26.6. The number of hydrogen-bond donors (Lipinski definition) is 1. The third-order valence-electron chi connectivity index (χ3n) is 5.37. The van der Waals surface area contributed by atoms with E-state index in [1.165, 1.54) is 35.1 Å². The first-order valence-electron chi connectivity index (χ1n) is 11.1. The number of carbonyl (C=O) groups excluding carboxylic acids is 2. The van der Waals surface area contributed by atoms with Gasteiger partial charge in [-0.1, -0.05) is 54.9 Å². The van der Waals surface area contributed by atoms with E-state index in [9.17, 15) is 9.59 Å². The van der Waals surface area contributed by atoms with Crippen molar-refractivity contribution in [2.45, 2.75) is 31.8 Å². The van der Waals surface area contributed by atoms with Gasteiger partial charge in [0.05, 0.1) is 12.9 Å². The minimum absolute atomic E-state index is 0.134. The van der Waals surface area contributed by atoms with Crippen LogP contribution in [0.15, 0.2) is 46.2 Å². The number of aromatic nitrogens is 3. The zero-order valence-corrected chi connectivity index (χ0v) is 22.4. The first-order chi connectivity index (χ1) is 16.9. The third-order valence-corrected chi connectivity index (χ3v) is 8.28. The van der Waals surface area contributed by atoms with Gasteiger partial charge < -0.3 is 14.6 Å². The van der Waals surface area contributed by atoms with Crippen LogP contribution >= 0.6 is 34.4 Å². The number of carbonyl (C=O) groups is 2. The Labute approximate surface area is 216 Å². The topological polar surface area (TPSA) is 86.1 Å². The van der Waals surface area contributed by atoms with E-state index in [4.69, 9.17) is 4.74 Å². The van der Waals surface area contributed by atoms with Gasteiger partial charge in [0.2, 0.25) is 5.91 Å². The summed E-state index contributed by atoms with van der Waals surface area (Å²) in [6.07, 6.45) is 2.15. The van der Waals surface area contributed by atoms with Gasteiger partial charge in [-0.2, -0.15) is 0 Å². The van der Waals surface area contributed by atoms with Crippen molar-refractivity contribution in [1.29, 1.82) is 0 Å². The van der Waals surface area contributed by atoms with Crippen LogP contribution in [-0.2, 0) is 23.0 Å². The zero-order chi connectivity index (χ0) is 24.9. The molecule has 0 radical (unpaired) electrons. The predicted octanol–water partition coefficient (Wildman–Crippen LogP) is 6.05. The molecular formula is C25H26N4O3S3. The highest BCUT2D eigenvalue weighted by Gasteiger charge is 2.23. The van der Waals surface area contributed by atoms with Crippen molar-refractivity contribution in [2.75, 3.05) is 18.2 Å². The Bertz CT molecular complexity index is 1340. The van der Waals surface area contributed by atoms with Gasteiger partial charge in [0.1, 0.15) is 10.6 Å². The fraction of sp³-hybridized carbons (Fsp3) is 0.280. The smallest absolute Gasteiger partial charge is 0.341 e. The number of rotatable bonds is 9. The molecule has 4 rings (SSSR count). The molecule has 0 saturated carbocycles. The summed E-state index contributed by atoms with van der Waals surface area (Å²) in [7, 11) is 3.24. The lowest BCUT2D eigenvalue weighted by atomic mass is 10.0. The molecule has 3 heterocycles. The lowest BCUT2D eigenvalue weighted by Gasteiger charge is -2.08. The van der Waals surface area contributed by atoms with Crippen LogP contribution in [0.5, 0.6) is 0 Å². The van der Waals surface area contributed by atoms with Crippen LogP contribution in [0.2, 0.25) is 0 Å². The normalized spacial score (nSPS) is 11.0. The first kappa shape index (κ1) is 25.2. The average molecular weight is 527 g/mol. The molecule has 0 aliphatic rings. The molecule has 1 amide bonds. The van der Waals surface area contributed by atoms with Gasteiger partial charge in [-0.15, -0.1) is 32.9 Å². The summed E-state index contributed by atoms with van der Waals surface area (Å²) in [5.41, 5.74) is 4.15. The summed E-state index contributed by atoms with van der Waals surface area (Å²) < 4.78 is 6.90. The van der Waals surface area contributed by atoms with Crippen LogP contribution < -0.4 is 5.32 Å². The summed E-state index contributed by atoms with van der Waals surface area (Å²) in [5.74, 6) is 0.193. The fourth-order valence-corrected chi connectivity index (χ4v) is 6.21. The zero-order valence-electron chi connectivity index (χ0n) is 20.0. The molecule has 0 atom stereocenters. The van der Waals surface area contributed by atoms with Gasteiger partial charge in [-0.3, -0.25) is 4.79 Å². The number of esters is 1. The van der Waals surface area contributed by atoms with Crippen LogP contribution in [0.4, 0.5) is 5.00 Å². The molecule has 182 valence electrons. The van der Waals surface area contributed by atoms with Crippen LogP contribution in [-0.4, -0.2) is 39.5 Å². The molecule has 0 spiro atoms. The van der Waals surface area contributed by atoms with E-state index in [2.05, 4.69) is 33.9 Å². The minimum atomic E-state index is -0.485. The summed E-state index contributed by atoms with van der Waals surface area (Å²) in [6.45, 7) is 4.17. The maximum atomic E-state index is 12.8.